The molecule has 1 aromatic rings. The van der Waals surface area contributed by atoms with Gasteiger partial charge in [-0.2, -0.15) is 5.26 Å². The number of aliphatic hydroxyl groups excluding tert-OH is 1. The van der Waals surface area contributed by atoms with Crippen molar-refractivity contribution in [3.8, 4) is 6.07 Å². The zero-order valence-corrected chi connectivity index (χ0v) is 16.0. The Balaban J connectivity index is 1.55. The van der Waals surface area contributed by atoms with Gasteiger partial charge >= 0.3 is 0 Å². The molecule has 0 aromatic heterocycles. The number of fused-ring (bicyclic) bond motifs is 4. The molecule has 2 fully saturated rings. The SMILES string of the molecule is COC12C(CO)C3=C(C(=O)C(C)=C(Nc4ccc(C#N)cc4)C3=O)N1CC1NC12. The largest absolute Gasteiger partial charge is 0.396 e. The molecule has 5 rings (SSSR count). The van der Waals surface area contributed by atoms with E-state index in [1.807, 2.05) is 11.0 Å². The summed E-state index contributed by atoms with van der Waals surface area (Å²) in [5, 5.41) is 25.5. The number of carbonyl (C=O) groups excluding carboxylic acids is 2. The van der Waals surface area contributed by atoms with Crippen molar-refractivity contribution in [2.24, 2.45) is 5.92 Å². The average molecular weight is 392 g/mol. The molecule has 3 aliphatic heterocycles. The molecule has 0 amide bonds. The topological polar surface area (TPSA) is 125 Å². The van der Waals surface area contributed by atoms with E-state index >= 15 is 0 Å². The van der Waals surface area contributed by atoms with E-state index in [9.17, 15) is 14.7 Å². The van der Waals surface area contributed by atoms with Crippen LogP contribution in [0.5, 0.6) is 0 Å². The molecule has 3 N–H and O–H groups in total. The van der Waals surface area contributed by atoms with E-state index in [0.717, 1.165) is 0 Å². The molecule has 0 saturated carbocycles. The number of hydrogen-bond acceptors (Lipinski definition) is 8. The van der Waals surface area contributed by atoms with Gasteiger partial charge in [-0.05, 0) is 31.2 Å². The number of ether oxygens (including phenoxy) is 1. The molecule has 0 bridgehead atoms. The summed E-state index contributed by atoms with van der Waals surface area (Å²) in [5.74, 6) is -1.15. The highest BCUT2D eigenvalue weighted by Crippen LogP contribution is 2.55. The predicted molar refractivity (Wildman–Crippen MR) is 102 cm³/mol. The van der Waals surface area contributed by atoms with Crippen molar-refractivity contribution in [1.29, 1.82) is 5.26 Å². The second-order valence-electron chi connectivity index (χ2n) is 7.79. The Morgan fingerprint density at radius 1 is 1.34 bits per heavy atom. The third kappa shape index (κ3) is 2.18. The molecule has 0 spiro atoms. The third-order valence-electron chi connectivity index (χ3n) is 6.50. The molecule has 29 heavy (non-hydrogen) atoms. The molecule has 4 unspecified atom stereocenters. The standard InChI is InChI=1S/C21H20N4O4/c1-10-16(23-12-5-3-11(7-22)4-6-12)19(28)15-13(9-26)21(29-2)20-14(24-20)8-25(21)17(15)18(10)27/h3-6,13-14,20,23-24,26H,8-9H2,1-2H3. The molecule has 0 radical (unpaired) electrons. The van der Waals surface area contributed by atoms with E-state index in [1.165, 1.54) is 0 Å². The van der Waals surface area contributed by atoms with Gasteiger partial charge in [0, 0.05) is 36.5 Å². The monoisotopic (exact) mass is 392 g/mol. The molecule has 4 aliphatic rings. The Bertz CT molecular complexity index is 1050. The summed E-state index contributed by atoms with van der Waals surface area (Å²) in [6.07, 6.45) is 0. The summed E-state index contributed by atoms with van der Waals surface area (Å²) in [5.41, 5.74) is 1.39. The van der Waals surface area contributed by atoms with Gasteiger partial charge in [-0.3, -0.25) is 9.59 Å². The minimum Gasteiger partial charge on any atom is -0.396 e. The van der Waals surface area contributed by atoms with Crippen LogP contribution in [0.1, 0.15) is 12.5 Å². The van der Waals surface area contributed by atoms with Crippen LogP contribution in [0.4, 0.5) is 5.69 Å². The van der Waals surface area contributed by atoms with Crippen molar-refractivity contribution >= 4 is 17.3 Å². The van der Waals surface area contributed by atoms with Gasteiger partial charge < -0.3 is 25.4 Å². The van der Waals surface area contributed by atoms with Crippen molar-refractivity contribution in [3.05, 3.63) is 52.4 Å². The number of allylic oxidation sites excluding steroid dienone is 2. The van der Waals surface area contributed by atoms with E-state index in [-0.39, 0.29) is 36.0 Å². The van der Waals surface area contributed by atoms with Gasteiger partial charge in [-0.15, -0.1) is 0 Å². The number of hydrogen-bond donors (Lipinski definition) is 3. The first kappa shape index (κ1) is 18.1. The number of aliphatic hydroxyl groups is 1. The summed E-state index contributed by atoms with van der Waals surface area (Å²) >= 11 is 0. The Labute approximate surface area is 167 Å². The lowest BCUT2D eigenvalue weighted by atomic mass is 9.82. The molecule has 8 heteroatoms. The van der Waals surface area contributed by atoms with Gasteiger partial charge in [0.05, 0.1) is 41.6 Å². The fourth-order valence-corrected chi connectivity index (χ4v) is 5.07. The quantitative estimate of drug-likeness (QED) is 0.493. The van der Waals surface area contributed by atoms with E-state index < -0.39 is 11.6 Å². The second kappa shape index (κ2) is 6.00. The summed E-state index contributed by atoms with van der Waals surface area (Å²) in [7, 11) is 1.56. The van der Waals surface area contributed by atoms with Crippen molar-refractivity contribution in [2.75, 3.05) is 25.6 Å². The first-order valence-electron chi connectivity index (χ1n) is 9.49. The number of piperazine rings is 1. The number of ketones is 2. The van der Waals surface area contributed by atoms with Crippen LogP contribution in [-0.2, 0) is 14.3 Å². The van der Waals surface area contributed by atoms with Crippen LogP contribution in [0.3, 0.4) is 0 Å². The molecule has 1 aliphatic carbocycles. The third-order valence-corrected chi connectivity index (χ3v) is 6.50. The van der Waals surface area contributed by atoms with E-state index in [4.69, 9.17) is 10.00 Å². The highest BCUT2D eigenvalue weighted by molar-refractivity contribution is 6.26. The zero-order chi connectivity index (χ0) is 20.5. The Morgan fingerprint density at radius 2 is 2.07 bits per heavy atom. The van der Waals surface area contributed by atoms with Gasteiger partial charge in [0.25, 0.3) is 0 Å². The summed E-state index contributed by atoms with van der Waals surface area (Å²) in [6.45, 7) is 1.90. The average Bonchev–Trinajstić information content (AvgIpc) is 3.35. The van der Waals surface area contributed by atoms with Crippen molar-refractivity contribution < 1.29 is 19.4 Å². The number of benzene rings is 1. The van der Waals surface area contributed by atoms with Crippen molar-refractivity contribution in [2.45, 2.75) is 24.7 Å². The molecule has 4 atom stereocenters. The molecular weight excluding hydrogens is 372 g/mol. The van der Waals surface area contributed by atoms with Gasteiger partial charge in [0.2, 0.25) is 11.6 Å². The second-order valence-corrected chi connectivity index (χ2v) is 7.79. The first-order valence-corrected chi connectivity index (χ1v) is 9.49. The highest BCUT2D eigenvalue weighted by Gasteiger charge is 2.72. The zero-order valence-electron chi connectivity index (χ0n) is 16.0. The predicted octanol–water partition coefficient (Wildman–Crippen LogP) is 0.271. The summed E-state index contributed by atoms with van der Waals surface area (Å²) in [4.78, 5) is 28.6. The van der Waals surface area contributed by atoms with Gasteiger partial charge in [0.15, 0.2) is 5.72 Å². The number of methoxy groups -OCH3 is 1. The number of nitrogens with one attached hydrogen (secondary N) is 2. The molecule has 2 saturated heterocycles. The summed E-state index contributed by atoms with van der Waals surface area (Å²) < 4.78 is 5.87. The van der Waals surface area contributed by atoms with Crippen LogP contribution in [-0.4, -0.2) is 59.6 Å². The van der Waals surface area contributed by atoms with Gasteiger partial charge in [0.1, 0.15) is 0 Å². The van der Waals surface area contributed by atoms with Crippen LogP contribution in [0.25, 0.3) is 0 Å². The van der Waals surface area contributed by atoms with E-state index in [1.54, 1.807) is 38.3 Å². The number of nitriles is 1. The molecule has 8 nitrogen and oxygen atoms in total. The lowest BCUT2D eigenvalue weighted by molar-refractivity contribution is -0.137. The normalized spacial score (nSPS) is 32.2. The molecule has 3 heterocycles. The Morgan fingerprint density at radius 3 is 2.69 bits per heavy atom. The number of anilines is 1. The minimum atomic E-state index is -0.917. The molecule has 1 aromatic carbocycles. The van der Waals surface area contributed by atoms with Crippen molar-refractivity contribution in [3.63, 3.8) is 0 Å². The molecular formula is C21H20N4O4. The van der Waals surface area contributed by atoms with Crippen molar-refractivity contribution in [1.82, 2.24) is 10.2 Å². The van der Waals surface area contributed by atoms with Gasteiger partial charge in [-0.1, -0.05) is 0 Å². The fourth-order valence-electron chi connectivity index (χ4n) is 5.07. The highest BCUT2D eigenvalue weighted by atomic mass is 16.5. The lowest BCUT2D eigenvalue weighted by Gasteiger charge is -2.39. The van der Waals surface area contributed by atoms with Crippen LogP contribution in [0.2, 0.25) is 0 Å². The van der Waals surface area contributed by atoms with E-state index in [2.05, 4.69) is 10.6 Å². The van der Waals surface area contributed by atoms with Crippen LogP contribution in [0.15, 0.2) is 46.8 Å². The maximum absolute atomic E-state index is 13.5. The number of rotatable bonds is 4. The lowest BCUT2D eigenvalue weighted by Crippen LogP contribution is -2.54. The smallest absolute Gasteiger partial charge is 0.208 e. The molecule has 148 valence electrons. The van der Waals surface area contributed by atoms with Gasteiger partial charge in [-0.25, -0.2) is 0 Å². The number of nitrogens with zero attached hydrogens (tertiary/aromatic N) is 2. The van der Waals surface area contributed by atoms with Crippen LogP contribution >= 0.6 is 0 Å². The maximum atomic E-state index is 13.5. The Hall–Kier alpha value is -2.99. The maximum Gasteiger partial charge on any atom is 0.208 e. The van der Waals surface area contributed by atoms with Crippen LogP contribution in [0, 0.1) is 17.2 Å². The fraction of sp³-hybridized carbons (Fsp3) is 0.381. The summed E-state index contributed by atoms with van der Waals surface area (Å²) in [6, 6.07) is 8.87. The Kier molecular flexibility index (Phi) is 3.74. The number of Topliss-reactive ketones (excluding diaryl/α,β-unsaturated/α-hetero) is 2. The minimum absolute atomic E-state index is 0.0221. The number of carbonyl (C=O) groups is 2. The van der Waals surface area contributed by atoms with E-state index in [0.29, 0.717) is 34.6 Å². The van der Waals surface area contributed by atoms with Crippen LogP contribution < -0.4 is 10.6 Å². The first-order chi connectivity index (χ1) is 14.0.